The van der Waals surface area contributed by atoms with Gasteiger partial charge in [-0.05, 0) is 54.1 Å². The Hall–Kier alpha value is -0.620. The first-order valence-corrected chi connectivity index (χ1v) is 6.58. The highest BCUT2D eigenvalue weighted by Gasteiger charge is 2.10. The summed E-state index contributed by atoms with van der Waals surface area (Å²) in [6, 6.07) is 4.44. The van der Waals surface area contributed by atoms with Gasteiger partial charge in [0.25, 0.3) is 0 Å². The first-order chi connectivity index (χ1) is 7.99. The van der Waals surface area contributed by atoms with E-state index in [1.165, 1.54) is 12.1 Å². The normalized spacial score (nSPS) is 10.9. The van der Waals surface area contributed by atoms with Crippen LogP contribution in [0.5, 0.6) is 0 Å². The van der Waals surface area contributed by atoms with Crippen molar-refractivity contribution >= 4 is 34.2 Å². The molecule has 5 heteroatoms. The summed E-state index contributed by atoms with van der Waals surface area (Å²) >= 11 is 8.27. The van der Waals surface area contributed by atoms with Gasteiger partial charge in [-0.1, -0.05) is 17.7 Å². The topological polar surface area (TPSA) is 17.8 Å². The van der Waals surface area contributed by atoms with Crippen LogP contribution in [-0.2, 0) is 6.54 Å². The third-order valence-corrected chi connectivity index (χ3v) is 4.54. The van der Waals surface area contributed by atoms with E-state index in [-0.39, 0.29) is 5.82 Å². The zero-order chi connectivity index (χ0) is 12.6. The number of hydrogen-bond acceptors (Lipinski definition) is 1. The molecule has 0 amide bonds. The van der Waals surface area contributed by atoms with Crippen LogP contribution in [0.1, 0.15) is 17.0 Å². The van der Waals surface area contributed by atoms with Gasteiger partial charge in [0, 0.05) is 10.7 Å². The molecule has 2 nitrogen and oxygen atoms in total. The lowest BCUT2D eigenvalue weighted by atomic mass is 10.2. The monoisotopic (exact) mass is 364 g/mol. The lowest BCUT2D eigenvalue weighted by molar-refractivity contribution is 0.622. The second-order valence-corrected chi connectivity index (χ2v) is 5.36. The molecule has 0 atom stereocenters. The molecule has 0 unspecified atom stereocenters. The van der Waals surface area contributed by atoms with Crippen LogP contribution in [0.25, 0.3) is 0 Å². The molecule has 0 bridgehead atoms. The first-order valence-electron chi connectivity index (χ1n) is 5.12. The molecule has 17 heavy (non-hydrogen) atoms. The molecule has 2 rings (SSSR count). The average Bonchev–Trinajstić information content (AvgIpc) is 2.50. The summed E-state index contributed by atoms with van der Waals surface area (Å²) in [5.74, 6) is -0.318. The lowest BCUT2D eigenvalue weighted by Gasteiger charge is -2.06. The van der Waals surface area contributed by atoms with E-state index >= 15 is 0 Å². The van der Waals surface area contributed by atoms with E-state index in [2.05, 4.69) is 27.7 Å². The van der Waals surface area contributed by atoms with Crippen molar-refractivity contribution in [3.05, 3.63) is 49.6 Å². The van der Waals surface area contributed by atoms with Crippen LogP contribution in [0.15, 0.2) is 18.2 Å². The predicted octanol–water partition coefficient (Wildman–Crippen LogP) is 3.95. The summed E-state index contributed by atoms with van der Waals surface area (Å²) in [7, 11) is 0. The highest BCUT2D eigenvalue weighted by Crippen LogP contribution is 2.21. The fraction of sp³-hybridized carbons (Fsp3) is 0.250. The summed E-state index contributed by atoms with van der Waals surface area (Å²) in [6.07, 6.45) is 0. The molecule has 0 N–H and O–H groups in total. The van der Waals surface area contributed by atoms with Gasteiger partial charge < -0.3 is 0 Å². The van der Waals surface area contributed by atoms with Crippen molar-refractivity contribution < 1.29 is 4.39 Å². The summed E-state index contributed by atoms with van der Waals surface area (Å²) in [4.78, 5) is 0. The van der Waals surface area contributed by atoms with E-state index in [4.69, 9.17) is 11.6 Å². The number of benzene rings is 1. The first kappa shape index (κ1) is 12.8. The van der Waals surface area contributed by atoms with Crippen molar-refractivity contribution in [3.8, 4) is 0 Å². The van der Waals surface area contributed by atoms with Crippen molar-refractivity contribution in [2.45, 2.75) is 20.4 Å². The molecular formula is C12H11ClFIN2. The summed E-state index contributed by atoms with van der Waals surface area (Å²) in [5.41, 5.74) is 2.97. The van der Waals surface area contributed by atoms with Crippen LogP contribution >= 0.6 is 34.2 Å². The third-order valence-electron chi connectivity index (χ3n) is 2.63. The molecule has 1 heterocycles. The van der Waals surface area contributed by atoms with Gasteiger partial charge in [-0.25, -0.2) is 4.39 Å². The van der Waals surface area contributed by atoms with Crippen LogP contribution < -0.4 is 0 Å². The fourth-order valence-electron chi connectivity index (χ4n) is 1.64. The van der Waals surface area contributed by atoms with E-state index < -0.39 is 0 Å². The maximum absolute atomic E-state index is 12.9. The second kappa shape index (κ2) is 4.94. The van der Waals surface area contributed by atoms with Crippen LogP contribution in [0.4, 0.5) is 4.39 Å². The molecule has 0 aliphatic carbocycles. The fourth-order valence-corrected chi connectivity index (χ4v) is 2.25. The number of nitrogens with zero attached hydrogens (tertiary/aromatic N) is 2. The molecule has 1 aromatic carbocycles. The molecule has 90 valence electrons. The smallest absolute Gasteiger partial charge is 0.124 e. The Labute approximate surface area is 118 Å². The Morgan fingerprint density at radius 1 is 1.41 bits per heavy atom. The van der Waals surface area contributed by atoms with Gasteiger partial charge in [0.05, 0.1) is 15.8 Å². The molecule has 1 aromatic heterocycles. The molecular weight excluding hydrogens is 354 g/mol. The number of aryl methyl sites for hydroxylation is 1. The van der Waals surface area contributed by atoms with E-state index in [9.17, 15) is 4.39 Å². The Balaban J connectivity index is 2.34. The average molecular weight is 365 g/mol. The lowest BCUT2D eigenvalue weighted by Crippen LogP contribution is -2.04. The van der Waals surface area contributed by atoms with Gasteiger partial charge in [0.1, 0.15) is 5.82 Å². The van der Waals surface area contributed by atoms with Crippen molar-refractivity contribution in [2.75, 3.05) is 0 Å². The van der Waals surface area contributed by atoms with E-state index in [0.717, 1.165) is 20.5 Å². The van der Waals surface area contributed by atoms with Crippen molar-refractivity contribution in [3.63, 3.8) is 0 Å². The maximum Gasteiger partial charge on any atom is 0.124 e. The van der Waals surface area contributed by atoms with Crippen molar-refractivity contribution in [1.29, 1.82) is 0 Å². The molecule has 0 spiro atoms. The van der Waals surface area contributed by atoms with E-state index in [0.29, 0.717) is 11.6 Å². The van der Waals surface area contributed by atoms with Gasteiger partial charge in [-0.3, -0.25) is 4.68 Å². The highest BCUT2D eigenvalue weighted by molar-refractivity contribution is 14.1. The molecule has 0 aliphatic heterocycles. The molecule has 0 aliphatic rings. The van der Waals surface area contributed by atoms with Gasteiger partial charge in [0.2, 0.25) is 0 Å². The standard InChI is InChI=1S/C12H11ClFIN2/c1-7-12(15)8(2)17(16-7)6-9-3-4-10(14)5-11(9)13/h3-5H,6H2,1-2H3. The number of rotatable bonds is 2. The Morgan fingerprint density at radius 3 is 2.65 bits per heavy atom. The summed E-state index contributed by atoms with van der Waals surface area (Å²) < 4.78 is 16.0. The molecule has 0 saturated heterocycles. The van der Waals surface area contributed by atoms with Crippen molar-refractivity contribution in [2.24, 2.45) is 0 Å². The maximum atomic E-state index is 12.9. The van der Waals surface area contributed by atoms with Gasteiger partial charge in [-0.2, -0.15) is 5.10 Å². The van der Waals surface area contributed by atoms with E-state index in [1.807, 2.05) is 18.5 Å². The molecule has 2 aromatic rings. The zero-order valence-electron chi connectivity index (χ0n) is 9.47. The molecule has 0 fully saturated rings. The Kier molecular flexibility index (Phi) is 3.73. The summed E-state index contributed by atoms with van der Waals surface area (Å²) in [6.45, 7) is 4.55. The van der Waals surface area contributed by atoms with Crippen LogP contribution in [0.2, 0.25) is 5.02 Å². The number of hydrogen-bond donors (Lipinski definition) is 0. The predicted molar refractivity (Wildman–Crippen MR) is 74.9 cm³/mol. The van der Waals surface area contributed by atoms with Gasteiger partial charge in [0.15, 0.2) is 0 Å². The molecule has 0 saturated carbocycles. The highest BCUT2D eigenvalue weighted by atomic mass is 127. The minimum Gasteiger partial charge on any atom is -0.264 e. The van der Waals surface area contributed by atoms with Gasteiger partial charge in [-0.15, -0.1) is 0 Å². The van der Waals surface area contributed by atoms with Crippen molar-refractivity contribution in [1.82, 2.24) is 9.78 Å². The minimum atomic E-state index is -0.318. The quantitative estimate of drug-likeness (QED) is 0.738. The second-order valence-electron chi connectivity index (χ2n) is 3.88. The SMILES string of the molecule is Cc1nn(Cc2ccc(F)cc2Cl)c(C)c1I. The number of aromatic nitrogens is 2. The molecule has 0 radical (unpaired) electrons. The van der Waals surface area contributed by atoms with Crippen LogP contribution in [0.3, 0.4) is 0 Å². The largest absolute Gasteiger partial charge is 0.264 e. The Bertz CT molecular complexity index is 566. The summed E-state index contributed by atoms with van der Waals surface area (Å²) in [5, 5.41) is 4.86. The zero-order valence-corrected chi connectivity index (χ0v) is 12.4. The van der Waals surface area contributed by atoms with Crippen LogP contribution in [0, 0.1) is 23.2 Å². The van der Waals surface area contributed by atoms with Crippen LogP contribution in [-0.4, -0.2) is 9.78 Å². The number of halogens is 3. The van der Waals surface area contributed by atoms with Gasteiger partial charge >= 0.3 is 0 Å². The third kappa shape index (κ3) is 2.63. The minimum absolute atomic E-state index is 0.318. The Morgan fingerprint density at radius 2 is 2.12 bits per heavy atom. The van der Waals surface area contributed by atoms with E-state index in [1.54, 1.807) is 6.07 Å².